The van der Waals surface area contributed by atoms with Crippen molar-refractivity contribution in [3.05, 3.63) is 0 Å². The average Bonchev–Trinajstić information content (AvgIpc) is 1.37. The van der Waals surface area contributed by atoms with Crippen molar-refractivity contribution in [3.63, 3.8) is 0 Å². The molecule has 0 fully saturated rings. The molecule has 0 aromatic carbocycles. The van der Waals surface area contributed by atoms with Crippen molar-refractivity contribution in [2.75, 3.05) is 6.16 Å². The maximum atomic E-state index is 9.15. The minimum absolute atomic E-state index is 0. The Kier molecular flexibility index (Phi) is 16.8. The molecule has 1 nitrogen and oxygen atoms in total. The van der Waals surface area contributed by atoms with Crippen molar-refractivity contribution in [2.45, 2.75) is 0 Å². The molecule has 0 saturated carbocycles. The van der Waals surface area contributed by atoms with Gasteiger partial charge in [-0.1, -0.05) is 0 Å². The molecule has 0 heterocycles. The predicted molar refractivity (Wildman–Crippen MR) is 27.8 cm³/mol. The minimum atomic E-state index is 0. The second-order valence-electron chi connectivity index (χ2n) is 0.402. The molecule has 0 N–H and O–H groups in total. The van der Waals surface area contributed by atoms with E-state index >= 15 is 0 Å². The first-order chi connectivity index (χ1) is 1.91. The third-order valence-electron chi connectivity index (χ3n) is 0.0962. The first-order valence-electron chi connectivity index (χ1n) is 1.05. The second-order valence-corrected chi connectivity index (χ2v) is 0.874. The third kappa shape index (κ3) is 11.1. The van der Waals surface area contributed by atoms with Gasteiger partial charge in [-0.05, 0) is 0 Å². The molecule has 0 rings (SSSR count). The standard InChI is InChI=1S/C2H5OP.Na.H/c3-1-2-4;;/h1H,2,4H2;;. The molecule has 0 amide bonds. The van der Waals surface area contributed by atoms with Gasteiger partial charge < -0.3 is 4.79 Å². The summed E-state index contributed by atoms with van der Waals surface area (Å²) >= 11 is 0. The molecule has 0 aromatic heterocycles. The zero-order valence-electron chi connectivity index (χ0n) is 2.27. The summed E-state index contributed by atoms with van der Waals surface area (Å²) in [5, 5.41) is 0. The number of rotatable bonds is 1. The van der Waals surface area contributed by atoms with E-state index in [1.807, 2.05) is 0 Å². The summed E-state index contributed by atoms with van der Waals surface area (Å²) in [5.74, 6) is 0. The molecule has 0 saturated heterocycles. The van der Waals surface area contributed by atoms with Gasteiger partial charge in [-0.3, -0.25) is 0 Å². The number of hydrogen-bond donors (Lipinski definition) is 0. The van der Waals surface area contributed by atoms with E-state index in [2.05, 4.69) is 9.24 Å². The summed E-state index contributed by atoms with van der Waals surface area (Å²) in [6.45, 7) is 0. The molecule has 0 aliphatic rings. The van der Waals surface area contributed by atoms with E-state index in [4.69, 9.17) is 4.79 Å². The molecule has 3 heteroatoms. The Labute approximate surface area is 56.0 Å². The molecule has 1 atom stereocenters. The second kappa shape index (κ2) is 8.92. The number of hydrogen-bond acceptors (Lipinski definition) is 1. The number of carbonyl (C=O) groups is 1. The molecule has 0 bridgehead atoms. The van der Waals surface area contributed by atoms with Gasteiger partial charge in [0.1, 0.15) is 6.29 Å². The van der Waals surface area contributed by atoms with Gasteiger partial charge in [-0.2, -0.15) is 0 Å². The van der Waals surface area contributed by atoms with Crippen molar-refractivity contribution in [1.29, 1.82) is 0 Å². The maximum absolute atomic E-state index is 9.15. The van der Waals surface area contributed by atoms with E-state index in [1.165, 1.54) is 0 Å². The van der Waals surface area contributed by atoms with Gasteiger partial charge in [0.2, 0.25) is 0 Å². The van der Waals surface area contributed by atoms with Crippen LogP contribution < -0.4 is 0 Å². The van der Waals surface area contributed by atoms with Crippen LogP contribution in [0.5, 0.6) is 0 Å². The van der Waals surface area contributed by atoms with Gasteiger partial charge >= 0.3 is 29.6 Å². The summed E-state index contributed by atoms with van der Waals surface area (Å²) in [6, 6.07) is 0. The molecule has 0 radical (unpaired) electrons. The van der Waals surface area contributed by atoms with Crippen LogP contribution in [0.3, 0.4) is 0 Å². The summed E-state index contributed by atoms with van der Waals surface area (Å²) < 4.78 is 0. The molecule has 0 aliphatic heterocycles. The molecule has 5 heavy (non-hydrogen) atoms. The Morgan fingerprint density at radius 1 is 1.80 bits per heavy atom. The zero-order valence-corrected chi connectivity index (χ0v) is 3.42. The van der Waals surface area contributed by atoms with E-state index in [1.54, 1.807) is 0 Å². The fourth-order valence-corrected chi connectivity index (χ4v) is 0. The van der Waals surface area contributed by atoms with Crippen LogP contribution in [0.25, 0.3) is 0 Å². The van der Waals surface area contributed by atoms with Crippen LogP contribution in [0.4, 0.5) is 0 Å². The summed E-state index contributed by atoms with van der Waals surface area (Å²) in [5.41, 5.74) is 0. The van der Waals surface area contributed by atoms with Gasteiger partial charge in [0.15, 0.2) is 0 Å². The SMILES string of the molecule is O=CCP.[NaH]. The van der Waals surface area contributed by atoms with Crippen LogP contribution in [0.15, 0.2) is 0 Å². The Bertz CT molecular complexity index is 23.6. The van der Waals surface area contributed by atoms with E-state index < -0.39 is 0 Å². The molecular weight excluding hydrogens is 94.0 g/mol. The van der Waals surface area contributed by atoms with Crippen LogP contribution in [0.1, 0.15) is 0 Å². The van der Waals surface area contributed by atoms with Crippen molar-refractivity contribution in [1.82, 2.24) is 0 Å². The van der Waals surface area contributed by atoms with Crippen LogP contribution in [-0.2, 0) is 4.79 Å². The summed E-state index contributed by atoms with van der Waals surface area (Å²) in [7, 11) is 2.29. The monoisotopic (exact) mass is 100 g/mol. The van der Waals surface area contributed by atoms with E-state index in [0.717, 1.165) is 6.29 Å². The van der Waals surface area contributed by atoms with E-state index in [-0.39, 0.29) is 29.6 Å². The van der Waals surface area contributed by atoms with Crippen molar-refractivity contribution in [3.8, 4) is 0 Å². The predicted octanol–water partition coefficient (Wildman–Crippen LogP) is -0.588. The third-order valence-corrected chi connectivity index (χ3v) is 0.289. The van der Waals surface area contributed by atoms with Crippen molar-refractivity contribution < 1.29 is 4.79 Å². The van der Waals surface area contributed by atoms with Crippen LogP contribution in [-0.4, -0.2) is 42.0 Å². The Hall–Kier alpha value is 1.10. The van der Waals surface area contributed by atoms with Crippen molar-refractivity contribution >= 4 is 45.1 Å². The molecule has 0 aromatic rings. The van der Waals surface area contributed by atoms with Crippen molar-refractivity contribution in [2.24, 2.45) is 0 Å². The van der Waals surface area contributed by atoms with Crippen LogP contribution >= 0.6 is 9.24 Å². The fraction of sp³-hybridized carbons (Fsp3) is 0.500. The zero-order chi connectivity index (χ0) is 3.41. The normalized spacial score (nSPS) is 5.00. The molecule has 1 unspecified atom stereocenters. The number of carbonyl (C=O) groups excluding carboxylic acids is 1. The first kappa shape index (κ1) is 9.44. The topological polar surface area (TPSA) is 17.1 Å². The van der Waals surface area contributed by atoms with Gasteiger partial charge in [0.25, 0.3) is 0 Å². The average molecular weight is 100 g/mol. The Morgan fingerprint density at radius 3 is 2.00 bits per heavy atom. The van der Waals surface area contributed by atoms with Crippen LogP contribution in [0.2, 0.25) is 0 Å². The molecule has 26 valence electrons. The molecule has 0 aliphatic carbocycles. The molecular formula is C2H6NaOP. The summed E-state index contributed by atoms with van der Waals surface area (Å²) in [4.78, 5) is 9.15. The summed E-state index contributed by atoms with van der Waals surface area (Å²) in [6.07, 6.45) is 1.39. The quantitative estimate of drug-likeness (QED) is 0.244. The Balaban J connectivity index is 0. The first-order valence-corrected chi connectivity index (χ1v) is 1.87. The number of aldehydes is 1. The van der Waals surface area contributed by atoms with Gasteiger partial charge in [-0.25, -0.2) is 0 Å². The fourth-order valence-electron chi connectivity index (χ4n) is 0. The van der Waals surface area contributed by atoms with Crippen LogP contribution in [0, 0.1) is 0 Å². The van der Waals surface area contributed by atoms with E-state index in [9.17, 15) is 0 Å². The Morgan fingerprint density at radius 2 is 2.00 bits per heavy atom. The van der Waals surface area contributed by atoms with E-state index in [0.29, 0.717) is 6.16 Å². The van der Waals surface area contributed by atoms with Gasteiger partial charge in [-0.15, -0.1) is 9.24 Å². The van der Waals surface area contributed by atoms with Gasteiger partial charge in [0, 0.05) is 6.16 Å². The van der Waals surface area contributed by atoms with Gasteiger partial charge in [0.05, 0.1) is 0 Å². The molecule has 0 spiro atoms.